The van der Waals surface area contributed by atoms with Crippen LogP contribution in [-0.4, -0.2) is 41.5 Å². The predicted molar refractivity (Wildman–Crippen MR) is 110 cm³/mol. The van der Waals surface area contributed by atoms with Crippen LogP contribution in [-0.2, 0) is 9.53 Å². The average Bonchev–Trinajstić information content (AvgIpc) is 3.22. The van der Waals surface area contributed by atoms with Crippen LogP contribution in [0.5, 0.6) is 0 Å². The van der Waals surface area contributed by atoms with Crippen molar-refractivity contribution in [3.8, 4) is 6.07 Å². The highest BCUT2D eigenvalue weighted by atomic mass is 32.1. The van der Waals surface area contributed by atoms with Gasteiger partial charge in [-0.25, -0.2) is 9.78 Å². The smallest absolute Gasteiger partial charge is 0.338 e. The number of hydrogen-bond acceptors (Lipinski definition) is 6. The lowest BCUT2D eigenvalue weighted by molar-refractivity contribution is -0.135. The normalized spacial score (nSPS) is 16.4. The van der Waals surface area contributed by atoms with E-state index in [4.69, 9.17) is 15.0 Å². The standard InChI is InChI=1S/C22H19N3O3S/c23-12-15-5-3-6-16(11-15)22(27)28-14-20(26)25-10-4-7-17(13-25)21-24-18-8-1-2-9-19(18)29-21/h1-3,5-6,8-9,11,17H,4,7,10,13-14H2/t17-/m0/s1. The van der Waals surface area contributed by atoms with Crippen molar-refractivity contribution in [2.75, 3.05) is 19.7 Å². The number of likely N-dealkylation sites (tertiary alicyclic amines) is 1. The van der Waals surface area contributed by atoms with Gasteiger partial charge in [0.25, 0.3) is 5.91 Å². The lowest BCUT2D eigenvalue weighted by atomic mass is 9.99. The number of hydrogen-bond donors (Lipinski definition) is 0. The number of para-hydroxylation sites is 1. The monoisotopic (exact) mass is 405 g/mol. The molecule has 1 atom stereocenters. The third kappa shape index (κ3) is 4.28. The van der Waals surface area contributed by atoms with Gasteiger partial charge in [0.15, 0.2) is 6.61 Å². The van der Waals surface area contributed by atoms with E-state index in [1.165, 1.54) is 6.07 Å². The lowest BCUT2D eigenvalue weighted by Crippen LogP contribution is -2.41. The molecule has 0 spiro atoms. The first-order valence-corrected chi connectivity index (χ1v) is 10.3. The molecule has 0 radical (unpaired) electrons. The number of thiazole rings is 1. The number of piperidine rings is 1. The first-order chi connectivity index (χ1) is 14.1. The Hall–Kier alpha value is -3.24. The molecule has 1 fully saturated rings. The molecule has 1 aliphatic rings. The van der Waals surface area contributed by atoms with Gasteiger partial charge in [0.1, 0.15) is 0 Å². The molecule has 29 heavy (non-hydrogen) atoms. The number of ether oxygens (including phenoxy) is 1. The Bertz CT molecular complexity index is 1070. The van der Waals surface area contributed by atoms with Gasteiger partial charge < -0.3 is 9.64 Å². The number of amides is 1. The number of benzene rings is 2. The van der Waals surface area contributed by atoms with Crippen LogP contribution in [0.3, 0.4) is 0 Å². The summed E-state index contributed by atoms with van der Waals surface area (Å²) in [5, 5.41) is 9.98. The molecule has 4 rings (SSSR count). The molecular formula is C22H19N3O3S. The van der Waals surface area contributed by atoms with Gasteiger partial charge in [0, 0.05) is 19.0 Å². The van der Waals surface area contributed by atoms with Crippen molar-refractivity contribution in [1.82, 2.24) is 9.88 Å². The maximum absolute atomic E-state index is 12.6. The van der Waals surface area contributed by atoms with Crippen molar-refractivity contribution in [3.63, 3.8) is 0 Å². The van der Waals surface area contributed by atoms with Crippen molar-refractivity contribution in [3.05, 3.63) is 64.7 Å². The minimum Gasteiger partial charge on any atom is -0.452 e. The summed E-state index contributed by atoms with van der Waals surface area (Å²) in [6.07, 6.45) is 1.88. The SMILES string of the molecule is N#Cc1cccc(C(=O)OCC(=O)N2CCC[C@H](c3nc4ccccc4s3)C2)c1. The summed E-state index contributed by atoms with van der Waals surface area (Å²) in [5.41, 5.74) is 1.63. The molecule has 0 aliphatic carbocycles. The quantitative estimate of drug-likeness (QED) is 0.618. The van der Waals surface area contributed by atoms with E-state index in [-0.39, 0.29) is 24.0 Å². The summed E-state index contributed by atoms with van der Waals surface area (Å²) < 4.78 is 6.33. The van der Waals surface area contributed by atoms with Crippen molar-refractivity contribution in [1.29, 1.82) is 5.26 Å². The number of esters is 1. The highest BCUT2D eigenvalue weighted by molar-refractivity contribution is 7.18. The van der Waals surface area contributed by atoms with Crippen LogP contribution in [0.4, 0.5) is 0 Å². The third-order valence-electron chi connectivity index (χ3n) is 4.99. The van der Waals surface area contributed by atoms with Crippen LogP contribution in [0, 0.1) is 11.3 Å². The largest absolute Gasteiger partial charge is 0.452 e. The second-order valence-corrected chi connectivity index (χ2v) is 8.03. The van der Waals surface area contributed by atoms with Crippen LogP contribution >= 0.6 is 11.3 Å². The van der Waals surface area contributed by atoms with Crippen molar-refractivity contribution < 1.29 is 14.3 Å². The molecule has 0 unspecified atom stereocenters. The number of carbonyl (C=O) groups excluding carboxylic acids is 2. The van der Waals surface area contributed by atoms with Gasteiger partial charge in [-0.05, 0) is 43.2 Å². The summed E-state index contributed by atoms with van der Waals surface area (Å²) in [7, 11) is 0. The number of nitriles is 1. The summed E-state index contributed by atoms with van der Waals surface area (Å²) in [6, 6.07) is 16.3. The summed E-state index contributed by atoms with van der Waals surface area (Å²) >= 11 is 1.68. The predicted octanol–water partition coefficient (Wildman–Crippen LogP) is 3.73. The molecule has 146 valence electrons. The van der Waals surface area contributed by atoms with E-state index in [0.29, 0.717) is 18.7 Å². The van der Waals surface area contributed by atoms with Gasteiger partial charge in [-0.15, -0.1) is 11.3 Å². The zero-order valence-corrected chi connectivity index (χ0v) is 16.5. The lowest BCUT2D eigenvalue weighted by Gasteiger charge is -2.31. The zero-order chi connectivity index (χ0) is 20.2. The fourth-order valence-corrected chi connectivity index (χ4v) is 4.58. The first kappa shape index (κ1) is 19.1. The van der Waals surface area contributed by atoms with Gasteiger partial charge >= 0.3 is 5.97 Å². The fraction of sp³-hybridized carbons (Fsp3) is 0.273. The Labute approximate surface area is 172 Å². The van der Waals surface area contributed by atoms with Crippen LogP contribution < -0.4 is 0 Å². The fourth-order valence-electron chi connectivity index (χ4n) is 3.49. The van der Waals surface area contributed by atoms with Crippen molar-refractivity contribution >= 4 is 33.4 Å². The van der Waals surface area contributed by atoms with Crippen molar-refractivity contribution in [2.24, 2.45) is 0 Å². The highest BCUT2D eigenvalue weighted by Gasteiger charge is 2.27. The second kappa shape index (κ2) is 8.41. The molecule has 0 bridgehead atoms. The van der Waals surface area contributed by atoms with Crippen LogP contribution in [0.2, 0.25) is 0 Å². The number of rotatable bonds is 4. The number of nitrogens with zero attached hydrogens (tertiary/aromatic N) is 3. The van der Waals surface area contributed by atoms with Gasteiger partial charge in [-0.1, -0.05) is 18.2 Å². The van der Waals surface area contributed by atoms with Crippen LogP contribution in [0.15, 0.2) is 48.5 Å². The highest BCUT2D eigenvalue weighted by Crippen LogP contribution is 2.32. The molecule has 0 saturated carbocycles. The third-order valence-corrected chi connectivity index (χ3v) is 6.19. The Kier molecular flexibility index (Phi) is 5.54. The molecule has 0 N–H and O–H groups in total. The van der Waals surface area contributed by atoms with E-state index in [1.807, 2.05) is 24.3 Å². The Morgan fingerprint density at radius 1 is 1.24 bits per heavy atom. The van der Waals surface area contributed by atoms with E-state index in [1.54, 1.807) is 34.4 Å². The Balaban J connectivity index is 1.37. The summed E-state index contributed by atoms with van der Waals surface area (Å²) in [4.78, 5) is 31.2. The van der Waals surface area contributed by atoms with Gasteiger partial charge in [0.05, 0.1) is 32.4 Å². The van der Waals surface area contributed by atoms with Gasteiger partial charge in [-0.2, -0.15) is 5.26 Å². The average molecular weight is 405 g/mol. The number of aromatic nitrogens is 1. The molecule has 1 aliphatic heterocycles. The molecule has 3 aromatic rings. The second-order valence-electron chi connectivity index (χ2n) is 6.97. The number of carbonyl (C=O) groups is 2. The van der Waals surface area contributed by atoms with Crippen molar-refractivity contribution in [2.45, 2.75) is 18.8 Å². The topological polar surface area (TPSA) is 83.3 Å². The molecule has 1 saturated heterocycles. The molecule has 1 amide bonds. The summed E-state index contributed by atoms with van der Waals surface area (Å²) in [5.74, 6) is -0.608. The molecule has 2 aromatic carbocycles. The van der Waals surface area contributed by atoms with Crippen LogP contribution in [0.25, 0.3) is 10.2 Å². The molecule has 1 aromatic heterocycles. The number of fused-ring (bicyclic) bond motifs is 1. The molecular weight excluding hydrogens is 386 g/mol. The maximum Gasteiger partial charge on any atom is 0.338 e. The van der Waals surface area contributed by atoms with E-state index in [2.05, 4.69) is 6.07 Å². The minimum atomic E-state index is -0.602. The minimum absolute atomic E-state index is 0.202. The van der Waals surface area contributed by atoms with E-state index in [9.17, 15) is 9.59 Å². The first-order valence-electron chi connectivity index (χ1n) is 9.44. The summed E-state index contributed by atoms with van der Waals surface area (Å²) in [6.45, 7) is 0.935. The van der Waals surface area contributed by atoms with Crippen LogP contribution in [0.1, 0.15) is 39.7 Å². The van der Waals surface area contributed by atoms with E-state index < -0.39 is 5.97 Å². The zero-order valence-electron chi connectivity index (χ0n) is 15.7. The maximum atomic E-state index is 12.6. The molecule has 2 heterocycles. The Morgan fingerprint density at radius 2 is 2.10 bits per heavy atom. The molecule has 7 heteroatoms. The molecule has 6 nitrogen and oxygen atoms in total. The Morgan fingerprint density at radius 3 is 2.93 bits per heavy atom. The van der Waals surface area contributed by atoms with Gasteiger partial charge in [-0.3, -0.25) is 4.79 Å². The van der Waals surface area contributed by atoms with E-state index >= 15 is 0 Å². The van der Waals surface area contributed by atoms with Gasteiger partial charge in [0.2, 0.25) is 0 Å². The van der Waals surface area contributed by atoms with E-state index in [0.717, 1.165) is 28.1 Å².